The standard InChI is InChI=1S/C21H20N4O3S.ClH/c1-23(2)11-12-24(21-22-16-9-5-6-10-17(16)29-21)18(26)13-25-19(27)14-7-3-4-8-15(14)20(25)28;/h3-10H,11-13H2,1-2H3;1H. The Hall–Kier alpha value is -2.81. The molecule has 0 saturated heterocycles. The van der Waals surface area contributed by atoms with Gasteiger partial charge in [-0.3, -0.25) is 24.2 Å². The molecule has 30 heavy (non-hydrogen) atoms. The second-order valence-corrected chi connectivity index (χ2v) is 8.06. The smallest absolute Gasteiger partial charge is 0.262 e. The number of hydrogen-bond acceptors (Lipinski definition) is 6. The van der Waals surface area contributed by atoms with Crippen LogP contribution in [-0.2, 0) is 4.79 Å². The molecule has 2 heterocycles. The van der Waals surface area contributed by atoms with Gasteiger partial charge in [0, 0.05) is 13.1 Å². The first-order chi connectivity index (χ1) is 14.0. The number of rotatable bonds is 6. The second-order valence-electron chi connectivity index (χ2n) is 7.05. The Bertz CT molecular complexity index is 1050. The number of carbonyl (C=O) groups excluding carboxylic acids is 3. The third-order valence-corrected chi connectivity index (χ3v) is 5.82. The van der Waals surface area contributed by atoms with E-state index in [2.05, 4.69) is 4.98 Å². The van der Waals surface area contributed by atoms with Gasteiger partial charge in [0.2, 0.25) is 5.91 Å². The third kappa shape index (κ3) is 4.07. The van der Waals surface area contributed by atoms with Gasteiger partial charge >= 0.3 is 0 Å². The van der Waals surface area contributed by atoms with E-state index in [1.807, 2.05) is 43.3 Å². The fourth-order valence-electron chi connectivity index (χ4n) is 3.21. The summed E-state index contributed by atoms with van der Waals surface area (Å²) in [6, 6.07) is 14.3. The molecular weight excluding hydrogens is 424 g/mol. The Morgan fingerprint density at radius 2 is 1.57 bits per heavy atom. The topological polar surface area (TPSA) is 73.8 Å². The van der Waals surface area contributed by atoms with Crippen LogP contribution in [0.25, 0.3) is 10.2 Å². The number of fused-ring (bicyclic) bond motifs is 2. The van der Waals surface area contributed by atoms with Crippen molar-refractivity contribution in [2.24, 2.45) is 0 Å². The zero-order valence-corrected chi connectivity index (χ0v) is 18.2. The molecular formula is C21H21ClN4O3S. The first-order valence-electron chi connectivity index (χ1n) is 9.21. The van der Waals surface area contributed by atoms with Crippen molar-refractivity contribution in [1.82, 2.24) is 14.8 Å². The molecule has 3 aromatic rings. The van der Waals surface area contributed by atoms with E-state index in [-0.39, 0.29) is 24.9 Å². The average molecular weight is 445 g/mol. The lowest BCUT2D eigenvalue weighted by Gasteiger charge is -2.24. The number of hydrogen-bond donors (Lipinski definition) is 0. The molecule has 0 unspecified atom stereocenters. The number of benzene rings is 2. The first kappa shape index (κ1) is 21.9. The van der Waals surface area contributed by atoms with E-state index in [1.54, 1.807) is 29.2 Å². The Kier molecular flexibility index (Phi) is 6.50. The first-order valence-corrected chi connectivity index (χ1v) is 10.0. The van der Waals surface area contributed by atoms with Crippen molar-refractivity contribution in [2.75, 3.05) is 38.6 Å². The van der Waals surface area contributed by atoms with Crippen LogP contribution in [0.1, 0.15) is 20.7 Å². The molecule has 0 saturated carbocycles. The van der Waals surface area contributed by atoms with Gasteiger partial charge in [0.05, 0.1) is 21.3 Å². The normalized spacial score (nSPS) is 13.0. The van der Waals surface area contributed by atoms with Crippen molar-refractivity contribution in [2.45, 2.75) is 0 Å². The zero-order chi connectivity index (χ0) is 20.5. The predicted octanol–water partition coefficient (Wildman–Crippen LogP) is 2.91. The molecule has 2 aromatic carbocycles. The minimum atomic E-state index is -0.434. The van der Waals surface area contributed by atoms with Crippen molar-refractivity contribution >= 4 is 56.8 Å². The van der Waals surface area contributed by atoms with Gasteiger partial charge in [-0.25, -0.2) is 4.98 Å². The van der Waals surface area contributed by atoms with E-state index in [0.29, 0.717) is 29.3 Å². The summed E-state index contributed by atoms with van der Waals surface area (Å²) < 4.78 is 0.978. The highest BCUT2D eigenvalue weighted by Gasteiger charge is 2.37. The lowest BCUT2D eigenvalue weighted by atomic mass is 10.1. The molecule has 1 aromatic heterocycles. The van der Waals surface area contributed by atoms with Gasteiger partial charge in [-0.05, 0) is 38.4 Å². The molecule has 0 aliphatic carbocycles. The van der Waals surface area contributed by atoms with Crippen molar-refractivity contribution < 1.29 is 14.4 Å². The lowest BCUT2D eigenvalue weighted by molar-refractivity contribution is -0.119. The van der Waals surface area contributed by atoms with E-state index in [4.69, 9.17) is 0 Å². The van der Waals surface area contributed by atoms with Crippen LogP contribution < -0.4 is 4.90 Å². The molecule has 1 aliphatic heterocycles. The minimum Gasteiger partial charge on any atom is -0.308 e. The molecule has 0 fully saturated rings. The number of amides is 3. The van der Waals surface area contributed by atoms with Crippen molar-refractivity contribution in [3.8, 4) is 0 Å². The minimum absolute atomic E-state index is 0. The van der Waals surface area contributed by atoms with Crippen LogP contribution in [0.5, 0.6) is 0 Å². The highest BCUT2D eigenvalue weighted by Crippen LogP contribution is 2.29. The zero-order valence-electron chi connectivity index (χ0n) is 16.6. The van der Waals surface area contributed by atoms with Crippen LogP contribution in [0, 0.1) is 0 Å². The third-order valence-electron chi connectivity index (χ3n) is 4.76. The molecule has 7 nitrogen and oxygen atoms in total. The van der Waals surface area contributed by atoms with Crippen LogP contribution in [0.3, 0.4) is 0 Å². The summed E-state index contributed by atoms with van der Waals surface area (Å²) in [7, 11) is 3.84. The van der Waals surface area contributed by atoms with Gasteiger partial charge in [0.15, 0.2) is 5.13 Å². The van der Waals surface area contributed by atoms with E-state index in [1.165, 1.54) is 11.3 Å². The number of nitrogens with zero attached hydrogens (tertiary/aromatic N) is 4. The lowest BCUT2D eigenvalue weighted by Crippen LogP contribution is -2.45. The molecule has 0 spiro atoms. The highest BCUT2D eigenvalue weighted by molar-refractivity contribution is 7.22. The molecule has 0 atom stereocenters. The fraction of sp³-hybridized carbons (Fsp3) is 0.238. The van der Waals surface area contributed by atoms with E-state index in [9.17, 15) is 14.4 Å². The van der Waals surface area contributed by atoms with Crippen LogP contribution in [0.2, 0.25) is 0 Å². The van der Waals surface area contributed by atoms with Gasteiger partial charge in [-0.2, -0.15) is 0 Å². The summed E-state index contributed by atoms with van der Waals surface area (Å²) in [4.78, 5) is 47.5. The number of aromatic nitrogens is 1. The number of likely N-dealkylation sites (N-methyl/N-ethyl adjacent to an activating group) is 1. The van der Waals surface area contributed by atoms with Gasteiger partial charge < -0.3 is 4.90 Å². The van der Waals surface area contributed by atoms with E-state index >= 15 is 0 Å². The Morgan fingerprint density at radius 1 is 0.967 bits per heavy atom. The number of thiazole rings is 1. The molecule has 0 bridgehead atoms. The van der Waals surface area contributed by atoms with Crippen molar-refractivity contribution in [3.05, 3.63) is 59.7 Å². The van der Waals surface area contributed by atoms with Gasteiger partial charge in [-0.1, -0.05) is 35.6 Å². The van der Waals surface area contributed by atoms with Crippen molar-refractivity contribution in [1.29, 1.82) is 0 Å². The summed E-state index contributed by atoms with van der Waals surface area (Å²) in [5, 5.41) is 0.564. The molecule has 4 rings (SSSR count). The van der Waals surface area contributed by atoms with Gasteiger partial charge in [-0.15, -0.1) is 12.4 Å². The Morgan fingerprint density at radius 3 is 2.17 bits per heavy atom. The average Bonchev–Trinajstić information content (AvgIpc) is 3.23. The summed E-state index contributed by atoms with van der Waals surface area (Å²) in [5.41, 5.74) is 1.49. The van der Waals surface area contributed by atoms with Crippen LogP contribution in [-0.4, -0.2) is 66.2 Å². The highest BCUT2D eigenvalue weighted by atomic mass is 35.5. The van der Waals surface area contributed by atoms with Crippen LogP contribution in [0.4, 0.5) is 5.13 Å². The molecule has 3 amide bonds. The van der Waals surface area contributed by atoms with E-state index < -0.39 is 11.8 Å². The molecule has 156 valence electrons. The largest absolute Gasteiger partial charge is 0.308 e. The van der Waals surface area contributed by atoms with Gasteiger partial charge in [0.25, 0.3) is 11.8 Å². The van der Waals surface area contributed by atoms with Crippen LogP contribution >= 0.6 is 23.7 Å². The monoisotopic (exact) mass is 444 g/mol. The SMILES string of the molecule is CN(C)CCN(C(=O)CN1C(=O)c2ccccc2C1=O)c1nc2ccccc2s1.Cl. The Labute approximate surface area is 184 Å². The number of carbonyl (C=O) groups is 3. The number of anilines is 1. The number of imide groups is 1. The fourth-order valence-corrected chi connectivity index (χ4v) is 4.21. The van der Waals surface area contributed by atoms with Crippen LogP contribution in [0.15, 0.2) is 48.5 Å². The Balaban J connectivity index is 0.00000256. The summed E-state index contributed by atoms with van der Waals surface area (Å²) in [6.07, 6.45) is 0. The summed E-state index contributed by atoms with van der Waals surface area (Å²) >= 11 is 1.42. The van der Waals surface area contributed by atoms with Crippen molar-refractivity contribution in [3.63, 3.8) is 0 Å². The summed E-state index contributed by atoms with van der Waals surface area (Å²) in [6.45, 7) is 0.730. The quantitative estimate of drug-likeness (QED) is 0.546. The maximum Gasteiger partial charge on any atom is 0.262 e. The molecule has 1 aliphatic rings. The summed E-state index contributed by atoms with van der Waals surface area (Å²) in [5.74, 6) is -1.20. The number of halogens is 1. The van der Waals surface area contributed by atoms with Gasteiger partial charge in [0.1, 0.15) is 6.54 Å². The predicted molar refractivity (Wildman–Crippen MR) is 120 cm³/mol. The second kappa shape index (κ2) is 8.91. The number of para-hydroxylation sites is 1. The molecule has 0 radical (unpaired) electrons. The molecule has 9 heteroatoms. The van der Waals surface area contributed by atoms with E-state index in [0.717, 1.165) is 15.1 Å². The maximum atomic E-state index is 13.2. The maximum absolute atomic E-state index is 13.2. The molecule has 0 N–H and O–H groups in total.